The molecule has 0 radical (unpaired) electrons. The van der Waals surface area contributed by atoms with E-state index in [0.29, 0.717) is 12.1 Å². The molecule has 0 bridgehead atoms. The van der Waals surface area contributed by atoms with E-state index in [1.807, 2.05) is 51.1 Å². The Morgan fingerprint density at radius 3 is 2.67 bits per heavy atom. The Kier molecular flexibility index (Phi) is 4.93. The van der Waals surface area contributed by atoms with Gasteiger partial charge in [0, 0.05) is 30.7 Å². The van der Waals surface area contributed by atoms with Gasteiger partial charge in [0.15, 0.2) is 0 Å². The van der Waals surface area contributed by atoms with Crippen LogP contribution >= 0.6 is 0 Å². The lowest BCUT2D eigenvalue weighted by Gasteiger charge is -2.12. The van der Waals surface area contributed by atoms with Gasteiger partial charge in [-0.1, -0.05) is 17.7 Å². The predicted molar refractivity (Wildman–Crippen MR) is 85.5 cm³/mol. The highest BCUT2D eigenvalue weighted by molar-refractivity contribution is 5.99. The Balaban J connectivity index is 2.09. The number of aryl methyl sites for hydroxylation is 2. The first-order chi connectivity index (χ1) is 10.1. The van der Waals surface area contributed by atoms with Gasteiger partial charge in [0.1, 0.15) is 0 Å². The van der Waals surface area contributed by atoms with Gasteiger partial charge >= 0.3 is 0 Å². The quantitative estimate of drug-likeness (QED) is 0.886. The summed E-state index contributed by atoms with van der Waals surface area (Å²) in [4.78, 5) is 16.6. The minimum atomic E-state index is -0.0739. The molecule has 0 aliphatic heterocycles. The minimum absolute atomic E-state index is 0.0739. The van der Waals surface area contributed by atoms with Crippen LogP contribution in [0, 0.1) is 13.8 Å². The van der Waals surface area contributed by atoms with Crippen molar-refractivity contribution in [2.45, 2.75) is 27.3 Å². The predicted octanol–water partition coefficient (Wildman–Crippen LogP) is 3.06. The summed E-state index contributed by atoms with van der Waals surface area (Å²) in [6.45, 7) is 7.20. The van der Waals surface area contributed by atoms with Crippen molar-refractivity contribution in [2.24, 2.45) is 0 Å². The van der Waals surface area contributed by atoms with E-state index in [2.05, 4.69) is 15.6 Å². The van der Waals surface area contributed by atoms with Crippen molar-refractivity contribution in [1.29, 1.82) is 0 Å². The molecule has 0 unspecified atom stereocenters. The third kappa shape index (κ3) is 4.05. The van der Waals surface area contributed by atoms with Gasteiger partial charge < -0.3 is 10.6 Å². The Morgan fingerprint density at radius 1 is 1.19 bits per heavy atom. The van der Waals surface area contributed by atoms with Crippen LogP contribution in [0.5, 0.6) is 0 Å². The van der Waals surface area contributed by atoms with Gasteiger partial charge in [-0.3, -0.25) is 9.78 Å². The van der Waals surface area contributed by atoms with Crippen LogP contribution in [-0.4, -0.2) is 17.4 Å². The Bertz CT molecular complexity index is 620. The average Bonchev–Trinajstić information content (AvgIpc) is 2.48. The highest BCUT2D eigenvalue weighted by Crippen LogP contribution is 2.17. The third-order valence-corrected chi connectivity index (χ3v) is 3.21. The van der Waals surface area contributed by atoms with Crippen LogP contribution in [0.3, 0.4) is 0 Å². The van der Waals surface area contributed by atoms with E-state index in [0.717, 1.165) is 29.1 Å². The molecule has 1 aromatic heterocycles. The normalized spacial score (nSPS) is 10.2. The molecule has 2 rings (SSSR count). The van der Waals surface area contributed by atoms with Crippen LogP contribution in [-0.2, 0) is 6.54 Å². The molecule has 110 valence electrons. The fraction of sp³-hybridized carbons (Fsp3) is 0.294. The zero-order chi connectivity index (χ0) is 15.2. The van der Waals surface area contributed by atoms with E-state index in [1.165, 1.54) is 0 Å². The van der Waals surface area contributed by atoms with E-state index in [-0.39, 0.29) is 5.91 Å². The van der Waals surface area contributed by atoms with Crippen molar-refractivity contribution in [2.75, 3.05) is 11.9 Å². The maximum atomic E-state index is 12.4. The molecule has 1 aromatic carbocycles. The zero-order valence-corrected chi connectivity index (χ0v) is 12.7. The number of rotatable bonds is 5. The van der Waals surface area contributed by atoms with E-state index in [9.17, 15) is 4.79 Å². The number of amides is 1. The first kappa shape index (κ1) is 15.0. The van der Waals surface area contributed by atoms with E-state index < -0.39 is 0 Å². The fourth-order valence-electron chi connectivity index (χ4n) is 2.07. The largest absolute Gasteiger partial charge is 0.385 e. The number of anilines is 1. The van der Waals surface area contributed by atoms with Crippen molar-refractivity contribution in [1.82, 2.24) is 10.3 Å². The highest BCUT2D eigenvalue weighted by atomic mass is 16.1. The molecule has 0 saturated carbocycles. The zero-order valence-electron chi connectivity index (χ0n) is 12.7. The van der Waals surface area contributed by atoms with Gasteiger partial charge in [-0.2, -0.15) is 0 Å². The van der Waals surface area contributed by atoms with Crippen molar-refractivity contribution in [3.8, 4) is 0 Å². The summed E-state index contributed by atoms with van der Waals surface area (Å²) in [5.41, 5.74) is 4.57. The second-order valence-corrected chi connectivity index (χ2v) is 5.07. The Labute approximate surface area is 125 Å². The maximum absolute atomic E-state index is 12.4. The summed E-state index contributed by atoms with van der Waals surface area (Å²) in [6.07, 6.45) is 1.79. The molecular weight excluding hydrogens is 262 g/mol. The first-order valence-electron chi connectivity index (χ1n) is 7.14. The smallest absolute Gasteiger partial charge is 0.253 e. The third-order valence-electron chi connectivity index (χ3n) is 3.21. The average molecular weight is 283 g/mol. The number of hydrogen-bond acceptors (Lipinski definition) is 3. The number of aromatic nitrogens is 1. The number of nitrogens with one attached hydrogen (secondary N) is 2. The number of carbonyl (C=O) groups is 1. The molecule has 4 heteroatoms. The van der Waals surface area contributed by atoms with E-state index >= 15 is 0 Å². The van der Waals surface area contributed by atoms with E-state index in [1.54, 1.807) is 6.20 Å². The molecule has 4 nitrogen and oxygen atoms in total. The number of carbonyl (C=O) groups excluding carboxylic acids is 1. The van der Waals surface area contributed by atoms with Crippen LogP contribution in [0.4, 0.5) is 5.69 Å². The van der Waals surface area contributed by atoms with Gasteiger partial charge in [0.2, 0.25) is 0 Å². The van der Waals surface area contributed by atoms with Gasteiger partial charge in [-0.15, -0.1) is 0 Å². The molecule has 2 N–H and O–H groups in total. The molecule has 0 aliphatic carbocycles. The van der Waals surface area contributed by atoms with Crippen molar-refractivity contribution < 1.29 is 4.79 Å². The van der Waals surface area contributed by atoms with Gasteiger partial charge in [0.05, 0.1) is 5.56 Å². The molecule has 0 aliphatic rings. The number of benzene rings is 1. The molecule has 0 atom stereocenters. The second-order valence-electron chi connectivity index (χ2n) is 5.07. The summed E-state index contributed by atoms with van der Waals surface area (Å²) in [5, 5.41) is 6.16. The Hall–Kier alpha value is -2.36. The lowest BCUT2D eigenvalue weighted by Crippen LogP contribution is -2.24. The number of nitrogens with zero attached hydrogens (tertiary/aromatic N) is 1. The SMILES string of the molecule is CCNc1ccc(C)cc1C(=O)NCc1ccc(C)nc1. The maximum Gasteiger partial charge on any atom is 0.253 e. The van der Waals surface area contributed by atoms with Gasteiger partial charge in [-0.25, -0.2) is 0 Å². The summed E-state index contributed by atoms with van der Waals surface area (Å²) in [5.74, 6) is -0.0739. The standard InChI is InChI=1S/C17H21N3O/c1-4-18-16-8-5-12(2)9-15(16)17(21)20-11-14-7-6-13(3)19-10-14/h5-10,18H,4,11H2,1-3H3,(H,20,21). The fourth-order valence-corrected chi connectivity index (χ4v) is 2.07. The topological polar surface area (TPSA) is 54.0 Å². The van der Waals surface area contributed by atoms with E-state index in [4.69, 9.17) is 0 Å². The number of hydrogen-bond donors (Lipinski definition) is 2. The van der Waals surface area contributed by atoms with Crippen molar-refractivity contribution >= 4 is 11.6 Å². The van der Waals surface area contributed by atoms with Gasteiger partial charge in [-0.05, 0) is 44.5 Å². The molecule has 2 aromatic rings. The molecule has 0 spiro atoms. The highest BCUT2D eigenvalue weighted by Gasteiger charge is 2.11. The van der Waals surface area contributed by atoms with Crippen molar-refractivity contribution in [3.05, 3.63) is 58.9 Å². The van der Waals surface area contributed by atoms with Crippen LogP contribution in [0.25, 0.3) is 0 Å². The summed E-state index contributed by atoms with van der Waals surface area (Å²) in [7, 11) is 0. The molecule has 1 heterocycles. The van der Waals surface area contributed by atoms with Crippen LogP contribution in [0.15, 0.2) is 36.5 Å². The molecule has 21 heavy (non-hydrogen) atoms. The second kappa shape index (κ2) is 6.88. The summed E-state index contributed by atoms with van der Waals surface area (Å²) in [6, 6.07) is 9.77. The lowest BCUT2D eigenvalue weighted by molar-refractivity contribution is 0.0951. The van der Waals surface area contributed by atoms with Crippen LogP contribution in [0.1, 0.15) is 34.1 Å². The molecule has 0 saturated heterocycles. The summed E-state index contributed by atoms with van der Waals surface area (Å²) < 4.78 is 0. The molecular formula is C17H21N3O. The van der Waals surface area contributed by atoms with Crippen LogP contribution < -0.4 is 10.6 Å². The molecule has 1 amide bonds. The number of pyridine rings is 1. The monoisotopic (exact) mass is 283 g/mol. The Morgan fingerprint density at radius 2 is 2.00 bits per heavy atom. The lowest BCUT2D eigenvalue weighted by atomic mass is 10.1. The first-order valence-corrected chi connectivity index (χ1v) is 7.14. The van der Waals surface area contributed by atoms with Crippen molar-refractivity contribution in [3.63, 3.8) is 0 Å². The van der Waals surface area contributed by atoms with Crippen LogP contribution in [0.2, 0.25) is 0 Å². The minimum Gasteiger partial charge on any atom is -0.385 e. The van der Waals surface area contributed by atoms with Gasteiger partial charge in [0.25, 0.3) is 5.91 Å². The molecule has 0 fully saturated rings. The summed E-state index contributed by atoms with van der Waals surface area (Å²) >= 11 is 0.